The molecule has 9 heteroatoms. The van der Waals surface area contributed by atoms with Gasteiger partial charge in [0.25, 0.3) is 0 Å². The molecule has 176 valence electrons. The van der Waals surface area contributed by atoms with Crippen molar-refractivity contribution < 1.29 is 23.6 Å². The number of hydrogen-bond donors (Lipinski definition) is 2. The first-order valence-electron chi connectivity index (χ1n) is 10.9. The molecule has 2 rings (SSSR count). The van der Waals surface area contributed by atoms with E-state index in [1.165, 1.54) is 11.8 Å². The molecule has 32 heavy (non-hydrogen) atoms. The van der Waals surface area contributed by atoms with Gasteiger partial charge in [-0.05, 0) is 51.3 Å². The van der Waals surface area contributed by atoms with Crippen molar-refractivity contribution in [1.29, 1.82) is 0 Å². The number of aromatic nitrogens is 1. The van der Waals surface area contributed by atoms with E-state index in [4.69, 9.17) is 14.0 Å². The predicted octanol–water partition coefficient (Wildman–Crippen LogP) is 4.50. The molecule has 8 nitrogen and oxygen atoms in total. The van der Waals surface area contributed by atoms with E-state index in [2.05, 4.69) is 22.7 Å². The minimum absolute atomic E-state index is 0.151. The number of carbonyl (C=O) groups excluding carboxylic acids is 2. The molecule has 0 aliphatic heterocycles. The number of aryl methyl sites for hydroxylation is 1. The Morgan fingerprint density at radius 3 is 2.41 bits per heavy atom. The van der Waals surface area contributed by atoms with Crippen LogP contribution in [0.2, 0.25) is 0 Å². The monoisotopic (exact) mass is 463 g/mol. The third-order valence-electron chi connectivity index (χ3n) is 4.48. The third-order valence-corrected chi connectivity index (χ3v) is 5.62. The van der Waals surface area contributed by atoms with Crippen molar-refractivity contribution in [2.75, 3.05) is 24.3 Å². The summed E-state index contributed by atoms with van der Waals surface area (Å²) in [5, 5.41) is 8.97. The quantitative estimate of drug-likeness (QED) is 0.451. The van der Waals surface area contributed by atoms with Gasteiger partial charge in [-0.2, -0.15) is 0 Å². The number of ether oxygens (including phenoxy) is 2. The summed E-state index contributed by atoms with van der Waals surface area (Å²) in [5.41, 5.74) is 0.922. The maximum atomic E-state index is 12.4. The number of hydrogen-bond acceptors (Lipinski definition) is 7. The number of nitrogens with zero attached hydrogens (tertiary/aromatic N) is 1. The second-order valence-corrected chi connectivity index (χ2v) is 8.79. The van der Waals surface area contributed by atoms with Gasteiger partial charge < -0.3 is 24.6 Å². The van der Waals surface area contributed by atoms with Crippen LogP contribution in [0.25, 0.3) is 0 Å². The second kappa shape index (κ2) is 13.0. The van der Waals surface area contributed by atoms with E-state index in [-0.39, 0.29) is 23.6 Å². The smallest absolute Gasteiger partial charge is 0.238 e. The molecule has 0 spiro atoms. The fraction of sp³-hybridized carbons (Fsp3) is 0.522. The van der Waals surface area contributed by atoms with Crippen molar-refractivity contribution >= 4 is 29.4 Å². The molecule has 0 saturated carbocycles. The van der Waals surface area contributed by atoms with Gasteiger partial charge in [0.05, 0.1) is 30.3 Å². The Kier molecular flexibility index (Phi) is 10.4. The Bertz CT molecular complexity index is 886. The number of thioether (sulfide) groups is 1. The molecular weight excluding hydrogens is 430 g/mol. The minimum Gasteiger partial charge on any atom is -0.490 e. The van der Waals surface area contributed by atoms with E-state index in [0.29, 0.717) is 36.3 Å². The Hall–Kier alpha value is -2.68. The van der Waals surface area contributed by atoms with Gasteiger partial charge in [0, 0.05) is 6.07 Å². The summed E-state index contributed by atoms with van der Waals surface area (Å²) >= 11 is 1.25. The second-order valence-electron chi connectivity index (χ2n) is 7.46. The molecule has 1 heterocycles. The van der Waals surface area contributed by atoms with Crippen LogP contribution in [-0.2, 0) is 9.59 Å². The highest BCUT2D eigenvalue weighted by Gasteiger charge is 2.18. The molecule has 0 aliphatic carbocycles. The Morgan fingerprint density at radius 1 is 1.09 bits per heavy atom. The molecule has 0 saturated heterocycles. The zero-order valence-electron chi connectivity index (χ0n) is 19.4. The summed E-state index contributed by atoms with van der Waals surface area (Å²) in [6.07, 6.45) is 1.80. The van der Waals surface area contributed by atoms with Gasteiger partial charge in [0.15, 0.2) is 17.3 Å². The average molecular weight is 464 g/mol. The van der Waals surface area contributed by atoms with Gasteiger partial charge in [-0.1, -0.05) is 25.1 Å². The minimum atomic E-state index is -0.419. The molecule has 2 atom stereocenters. The molecule has 2 unspecified atom stereocenters. The molecule has 0 bridgehead atoms. The molecule has 0 aliphatic rings. The summed E-state index contributed by atoms with van der Waals surface area (Å²) in [7, 11) is 0. The first-order chi connectivity index (χ1) is 15.3. The van der Waals surface area contributed by atoms with Gasteiger partial charge >= 0.3 is 0 Å². The number of anilines is 1. The normalized spacial score (nSPS) is 12.7. The lowest BCUT2D eigenvalue weighted by molar-refractivity contribution is -0.119. The Morgan fingerprint density at radius 2 is 1.78 bits per heavy atom. The maximum Gasteiger partial charge on any atom is 0.238 e. The van der Waals surface area contributed by atoms with E-state index in [1.54, 1.807) is 19.9 Å². The zero-order valence-corrected chi connectivity index (χ0v) is 20.2. The molecule has 0 fully saturated rings. The van der Waals surface area contributed by atoms with Gasteiger partial charge in [-0.15, -0.1) is 11.8 Å². The van der Waals surface area contributed by atoms with Crippen molar-refractivity contribution in [2.24, 2.45) is 0 Å². The fourth-order valence-corrected chi connectivity index (χ4v) is 3.44. The maximum absolute atomic E-state index is 12.4. The van der Waals surface area contributed by atoms with Gasteiger partial charge in [0.2, 0.25) is 11.8 Å². The molecule has 2 N–H and O–H groups in total. The average Bonchev–Trinajstić information content (AvgIpc) is 3.18. The summed E-state index contributed by atoms with van der Waals surface area (Å²) in [5.74, 6) is 2.15. The summed E-state index contributed by atoms with van der Waals surface area (Å²) in [4.78, 5) is 24.7. The number of carbonyl (C=O) groups is 2. The topological polar surface area (TPSA) is 103 Å². The molecule has 2 aromatic rings. The number of amides is 2. The molecular formula is C23H33N3O5S. The van der Waals surface area contributed by atoms with Crippen LogP contribution in [0.5, 0.6) is 11.5 Å². The molecule has 2 amide bonds. The lowest BCUT2D eigenvalue weighted by atomic mass is 10.1. The van der Waals surface area contributed by atoms with Crippen molar-refractivity contribution in [2.45, 2.75) is 58.8 Å². The number of rotatable bonds is 13. The van der Waals surface area contributed by atoms with Crippen LogP contribution in [0.1, 0.15) is 57.9 Å². The van der Waals surface area contributed by atoms with Crippen molar-refractivity contribution in [3.63, 3.8) is 0 Å². The van der Waals surface area contributed by atoms with Crippen LogP contribution >= 0.6 is 11.8 Å². The van der Waals surface area contributed by atoms with E-state index in [0.717, 1.165) is 18.4 Å². The summed E-state index contributed by atoms with van der Waals surface area (Å²) < 4.78 is 16.5. The Balaban J connectivity index is 1.88. The van der Waals surface area contributed by atoms with E-state index >= 15 is 0 Å². The fourth-order valence-electron chi connectivity index (χ4n) is 2.75. The van der Waals surface area contributed by atoms with E-state index in [9.17, 15) is 9.59 Å². The van der Waals surface area contributed by atoms with Crippen LogP contribution in [0.4, 0.5) is 5.82 Å². The lowest BCUT2D eigenvalue weighted by Gasteiger charge is -2.18. The summed E-state index contributed by atoms with van der Waals surface area (Å²) in [6, 6.07) is 7.15. The largest absolute Gasteiger partial charge is 0.490 e. The first-order valence-corrected chi connectivity index (χ1v) is 11.9. The summed E-state index contributed by atoms with van der Waals surface area (Å²) in [6.45, 7) is 10.7. The highest BCUT2D eigenvalue weighted by Crippen LogP contribution is 2.31. The van der Waals surface area contributed by atoms with Gasteiger partial charge in [-0.25, -0.2) is 0 Å². The third kappa shape index (κ3) is 8.11. The van der Waals surface area contributed by atoms with Crippen molar-refractivity contribution in [3.05, 3.63) is 35.6 Å². The Labute approximate surface area is 193 Å². The van der Waals surface area contributed by atoms with Gasteiger partial charge in [-0.3, -0.25) is 9.59 Å². The van der Waals surface area contributed by atoms with E-state index < -0.39 is 5.25 Å². The van der Waals surface area contributed by atoms with Crippen LogP contribution in [0, 0.1) is 6.92 Å². The standard InChI is InChI=1S/C23H33N3O5S/c1-6-10-29-19-9-8-18(13-20(19)30-11-7-2)16(4)24-22(27)14-32-17(5)23(28)25-21-12-15(3)31-26-21/h8-9,12-13,16-17H,6-7,10-11,14H2,1-5H3,(H,24,27)(H,25,26,28). The zero-order chi connectivity index (χ0) is 23.5. The predicted molar refractivity (Wildman–Crippen MR) is 126 cm³/mol. The van der Waals surface area contributed by atoms with Crippen molar-refractivity contribution in [3.8, 4) is 11.5 Å². The number of nitrogens with one attached hydrogen (secondary N) is 2. The van der Waals surface area contributed by atoms with Crippen LogP contribution < -0.4 is 20.1 Å². The van der Waals surface area contributed by atoms with E-state index in [1.807, 2.05) is 32.0 Å². The van der Waals surface area contributed by atoms with Gasteiger partial charge in [0.1, 0.15) is 5.76 Å². The lowest BCUT2D eigenvalue weighted by Crippen LogP contribution is -2.30. The van der Waals surface area contributed by atoms with Crippen LogP contribution in [0.15, 0.2) is 28.8 Å². The first kappa shape index (κ1) is 25.6. The molecule has 1 aromatic carbocycles. The van der Waals surface area contributed by atoms with Crippen LogP contribution in [0.3, 0.4) is 0 Å². The SMILES string of the molecule is CCCOc1ccc(C(C)NC(=O)CSC(C)C(=O)Nc2cc(C)on2)cc1OCCC. The highest BCUT2D eigenvalue weighted by atomic mass is 32.2. The van der Waals surface area contributed by atoms with Crippen LogP contribution in [-0.4, -0.2) is 41.2 Å². The highest BCUT2D eigenvalue weighted by molar-refractivity contribution is 8.01. The molecule has 1 aromatic heterocycles. The number of benzene rings is 1. The van der Waals surface area contributed by atoms with Crippen molar-refractivity contribution in [1.82, 2.24) is 10.5 Å². The molecule has 0 radical (unpaired) electrons.